The summed E-state index contributed by atoms with van der Waals surface area (Å²) >= 11 is 12.2. The Morgan fingerprint density at radius 2 is 1.17 bits per heavy atom. The summed E-state index contributed by atoms with van der Waals surface area (Å²) in [5.74, 6) is 1.91. The van der Waals surface area contributed by atoms with Crippen LogP contribution in [0.5, 0.6) is 11.5 Å². The van der Waals surface area contributed by atoms with Gasteiger partial charge in [-0.25, -0.2) is 19.3 Å². The Morgan fingerprint density at radius 3 is 1.64 bits per heavy atom. The first-order chi connectivity index (χ1) is 28.1. The van der Waals surface area contributed by atoms with E-state index in [1.165, 1.54) is 4.68 Å². The highest BCUT2D eigenvalue weighted by atomic mass is 35.5. The Hall–Kier alpha value is -6.49. The van der Waals surface area contributed by atoms with Crippen molar-refractivity contribution in [3.8, 4) is 11.5 Å². The number of pyridine rings is 2. The molecule has 0 radical (unpaired) electrons. The van der Waals surface area contributed by atoms with Crippen LogP contribution in [0.4, 0.5) is 23.0 Å². The Labute approximate surface area is 342 Å². The van der Waals surface area contributed by atoms with Crippen LogP contribution in [0.1, 0.15) is 0 Å². The molecule has 0 spiro atoms. The zero-order valence-electron chi connectivity index (χ0n) is 31.8. The number of ether oxygens (including phenoxy) is 2. The molecule has 6 heterocycles. The molecule has 0 unspecified atom stereocenters. The third-order valence-corrected chi connectivity index (χ3v) is 10.6. The Balaban J connectivity index is 0.000000177. The van der Waals surface area contributed by atoms with Crippen LogP contribution < -0.4 is 25.0 Å². The molecule has 18 nitrogen and oxygen atoms in total. The molecule has 2 aromatic carbocycles. The number of carbonyl (C=O) groups is 2. The highest BCUT2D eigenvalue weighted by molar-refractivity contribution is 6.32. The van der Waals surface area contributed by atoms with Gasteiger partial charge < -0.3 is 34.8 Å². The van der Waals surface area contributed by atoms with Crippen molar-refractivity contribution in [2.75, 3.05) is 82.1 Å². The van der Waals surface area contributed by atoms with Gasteiger partial charge in [-0.3, -0.25) is 9.59 Å². The molecule has 300 valence electrons. The number of benzene rings is 2. The number of amides is 2. The first-order valence-corrected chi connectivity index (χ1v) is 19.1. The second-order valence-corrected chi connectivity index (χ2v) is 14.2. The van der Waals surface area contributed by atoms with Gasteiger partial charge in [-0.1, -0.05) is 23.2 Å². The predicted molar refractivity (Wildman–Crippen MR) is 222 cm³/mol. The SMILES string of the molecule is COc1cc(N2CCN(C(=O)Cn3ncc4ccc(N)nc43)CC2)ccc1Cl.COc1cc(N2CCN(C(=O)Cn3ncc4ccc(N=[N+]=[N-])nc43)CC2)ccc1Cl. The first kappa shape index (κ1) is 39.7. The van der Waals surface area contributed by atoms with Crippen LogP contribution in [0.2, 0.25) is 10.0 Å². The molecule has 0 saturated carbocycles. The van der Waals surface area contributed by atoms with E-state index in [0.717, 1.165) is 35.2 Å². The number of carbonyl (C=O) groups excluding carboxylic acids is 2. The smallest absolute Gasteiger partial charge is 0.244 e. The molecule has 2 aliphatic heterocycles. The lowest BCUT2D eigenvalue weighted by Crippen LogP contribution is -2.49. The molecule has 2 aliphatic rings. The van der Waals surface area contributed by atoms with Crippen LogP contribution in [0, 0.1) is 0 Å². The van der Waals surface area contributed by atoms with E-state index in [0.29, 0.717) is 77.9 Å². The number of azide groups is 1. The van der Waals surface area contributed by atoms with Crippen molar-refractivity contribution in [2.45, 2.75) is 13.1 Å². The largest absolute Gasteiger partial charge is 0.495 e. The quantitative estimate of drug-likeness (QED) is 0.111. The summed E-state index contributed by atoms with van der Waals surface area (Å²) in [4.78, 5) is 44.9. The first-order valence-electron chi connectivity index (χ1n) is 18.3. The highest BCUT2D eigenvalue weighted by Gasteiger charge is 2.24. The van der Waals surface area contributed by atoms with Gasteiger partial charge in [0, 0.05) is 91.5 Å². The van der Waals surface area contributed by atoms with Gasteiger partial charge >= 0.3 is 0 Å². The van der Waals surface area contributed by atoms with Crippen molar-refractivity contribution >= 4 is 80.1 Å². The summed E-state index contributed by atoms with van der Waals surface area (Å²) < 4.78 is 13.7. The Morgan fingerprint density at radius 1 is 0.707 bits per heavy atom. The number of nitrogens with zero attached hydrogens (tertiary/aromatic N) is 13. The topological polar surface area (TPSA) is 202 Å². The number of aromatic nitrogens is 6. The van der Waals surface area contributed by atoms with Crippen LogP contribution in [-0.2, 0) is 22.7 Å². The van der Waals surface area contributed by atoms with E-state index < -0.39 is 0 Å². The Bertz CT molecular complexity index is 2490. The monoisotopic (exact) mass is 826 g/mol. The lowest BCUT2D eigenvalue weighted by atomic mass is 10.2. The molecule has 2 amide bonds. The maximum atomic E-state index is 12.8. The third-order valence-electron chi connectivity index (χ3n) is 9.96. The molecule has 8 rings (SSSR count). The van der Waals surface area contributed by atoms with E-state index in [9.17, 15) is 9.59 Å². The van der Waals surface area contributed by atoms with Gasteiger partial charge in [0.2, 0.25) is 11.8 Å². The lowest BCUT2D eigenvalue weighted by molar-refractivity contribution is -0.133. The van der Waals surface area contributed by atoms with E-state index in [1.807, 2.05) is 52.3 Å². The fourth-order valence-electron chi connectivity index (χ4n) is 6.82. The average molecular weight is 828 g/mol. The maximum Gasteiger partial charge on any atom is 0.244 e. The average Bonchev–Trinajstić information content (AvgIpc) is 3.84. The Kier molecular flexibility index (Phi) is 12.2. The van der Waals surface area contributed by atoms with Gasteiger partial charge in [0.05, 0.1) is 36.7 Å². The van der Waals surface area contributed by atoms with Gasteiger partial charge in [-0.05, 0) is 59.2 Å². The molecular weight excluding hydrogens is 787 g/mol. The van der Waals surface area contributed by atoms with E-state index >= 15 is 0 Å². The molecule has 2 saturated heterocycles. The fraction of sp³-hybridized carbons (Fsp3) is 0.316. The second kappa shape index (κ2) is 17.8. The summed E-state index contributed by atoms with van der Waals surface area (Å²) in [6, 6.07) is 18.3. The number of piperazine rings is 2. The number of fused-ring (bicyclic) bond motifs is 2. The van der Waals surface area contributed by atoms with E-state index in [1.54, 1.807) is 49.5 Å². The number of hydrogen-bond acceptors (Lipinski definition) is 12. The lowest BCUT2D eigenvalue weighted by Gasteiger charge is -2.36. The van der Waals surface area contributed by atoms with Crippen LogP contribution in [-0.4, -0.2) is 118 Å². The minimum absolute atomic E-state index is 0.0163. The normalized spacial score (nSPS) is 14.2. The molecule has 2 N–H and O–H groups in total. The summed E-state index contributed by atoms with van der Waals surface area (Å²) in [7, 11) is 3.19. The number of nitrogens with two attached hydrogens (primary N) is 1. The van der Waals surface area contributed by atoms with Crippen molar-refractivity contribution in [1.82, 2.24) is 39.3 Å². The maximum absolute atomic E-state index is 12.8. The standard InChI is InChI=1S/C19H19ClN8O2.C19H21ClN6O2/c1-30-16-10-14(3-4-15(16)20)26-6-8-27(9-7-26)18(29)12-28-19-13(11-22-28)2-5-17(23-19)24-25-21;1-28-16-10-14(3-4-15(16)20)24-6-8-25(9-7-24)18(27)12-26-19-13(11-22-26)2-5-17(21)23-19/h2-5,10-11H,6-9,12H2,1H3;2-5,10-11H,6-9,12H2,1H3,(H2,21,23). The zero-order valence-corrected chi connectivity index (χ0v) is 33.3. The van der Waals surface area contributed by atoms with Gasteiger partial charge in [0.15, 0.2) is 11.3 Å². The minimum Gasteiger partial charge on any atom is -0.495 e. The molecule has 6 aromatic rings. The summed E-state index contributed by atoms with van der Waals surface area (Å²) in [5, 5.41) is 14.8. The summed E-state index contributed by atoms with van der Waals surface area (Å²) in [5.41, 5.74) is 17.5. The van der Waals surface area contributed by atoms with Crippen LogP contribution in [0.3, 0.4) is 0 Å². The number of rotatable bonds is 9. The van der Waals surface area contributed by atoms with Gasteiger partial charge in [-0.2, -0.15) is 10.2 Å². The second-order valence-electron chi connectivity index (χ2n) is 13.4. The molecule has 2 fully saturated rings. The van der Waals surface area contributed by atoms with Crippen LogP contribution in [0.15, 0.2) is 78.2 Å². The van der Waals surface area contributed by atoms with Gasteiger partial charge in [0.25, 0.3) is 0 Å². The molecule has 0 aliphatic carbocycles. The van der Waals surface area contributed by atoms with Gasteiger partial charge in [-0.15, -0.1) is 0 Å². The van der Waals surface area contributed by atoms with Crippen molar-refractivity contribution in [2.24, 2.45) is 5.11 Å². The third kappa shape index (κ3) is 8.89. The molecule has 0 atom stereocenters. The van der Waals surface area contributed by atoms with Crippen molar-refractivity contribution in [3.05, 3.63) is 93.5 Å². The van der Waals surface area contributed by atoms with Crippen LogP contribution in [0.25, 0.3) is 32.5 Å². The predicted octanol–water partition coefficient (Wildman–Crippen LogP) is 5.41. The fourth-order valence-corrected chi connectivity index (χ4v) is 7.21. The summed E-state index contributed by atoms with van der Waals surface area (Å²) in [6.45, 7) is 5.58. The van der Waals surface area contributed by atoms with Gasteiger partial charge in [0.1, 0.15) is 36.2 Å². The zero-order chi connectivity index (χ0) is 40.8. The van der Waals surface area contributed by atoms with Crippen molar-refractivity contribution < 1.29 is 19.1 Å². The molecule has 4 aromatic heterocycles. The van der Waals surface area contributed by atoms with Crippen molar-refractivity contribution in [1.29, 1.82) is 0 Å². The molecule has 0 bridgehead atoms. The van der Waals surface area contributed by atoms with E-state index in [2.05, 4.69) is 40.0 Å². The summed E-state index contributed by atoms with van der Waals surface area (Å²) in [6.07, 6.45) is 3.34. The van der Waals surface area contributed by atoms with E-state index in [4.69, 9.17) is 43.9 Å². The minimum atomic E-state index is -0.0377. The highest BCUT2D eigenvalue weighted by Crippen LogP contribution is 2.31. The molecule has 20 heteroatoms. The van der Waals surface area contributed by atoms with E-state index in [-0.39, 0.29) is 30.7 Å². The number of halogens is 2. The molecule has 58 heavy (non-hydrogen) atoms. The number of nitrogen functional groups attached to an aromatic ring is 1. The number of hydrogen-bond donors (Lipinski definition) is 1. The number of anilines is 3. The van der Waals surface area contributed by atoms with Crippen LogP contribution >= 0.6 is 23.2 Å². The number of methoxy groups -OCH3 is 2. The molecular formula is C38H40Cl2N14O4. The van der Waals surface area contributed by atoms with Crippen molar-refractivity contribution in [3.63, 3.8) is 0 Å².